The first kappa shape index (κ1) is 13.3. The highest BCUT2D eigenvalue weighted by molar-refractivity contribution is 5.31. The maximum absolute atomic E-state index is 6.02. The topological polar surface area (TPSA) is 47.1 Å². The first-order chi connectivity index (χ1) is 9.83. The molecule has 4 heteroatoms. The van der Waals surface area contributed by atoms with Gasteiger partial charge in [0.2, 0.25) is 0 Å². The Kier molecular flexibility index (Phi) is 3.85. The van der Waals surface area contributed by atoms with Crippen molar-refractivity contribution in [2.45, 2.75) is 31.8 Å². The predicted molar refractivity (Wildman–Crippen MR) is 80.8 cm³/mol. The lowest BCUT2D eigenvalue weighted by molar-refractivity contribution is 0.202. The zero-order chi connectivity index (χ0) is 13.9. The molecule has 1 unspecified atom stereocenters. The molecule has 1 aliphatic rings. The van der Waals surface area contributed by atoms with Gasteiger partial charge in [0.15, 0.2) is 0 Å². The fourth-order valence-electron chi connectivity index (χ4n) is 2.83. The van der Waals surface area contributed by atoms with Crippen LogP contribution in [0.4, 0.5) is 0 Å². The van der Waals surface area contributed by atoms with Crippen LogP contribution in [0, 0.1) is 0 Å². The first-order valence-electron chi connectivity index (χ1n) is 7.39. The Labute approximate surface area is 120 Å². The zero-order valence-electron chi connectivity index (χ0n) is 11.9. The number of rotatable bonds is 6. The third-order valence-electron chi connectivity index (χ3n) is 4.01. The molecule has 0 amide bonds. The third kappa shape index (κ3) is 2.62. The Balaban J connectivity index is 1.84. The minimum atomic E-state index is 0.282. The van der Waals surface area contributed by atoms with E-state index in [1.54, 1.807) is 0 Å². The standard InChI is InChI=1S/C16H22N4/c1-2-19(14-8-9-14)16(10-17)13-11-18-20(12-13)15-6-4-3-5-7-15/h3-7,11-12,14,16H,2,8-10,17H2,1H3. The van der Waals surface area contributed by atoms with Crippen molar-refractivity contribution in [3.8, 4) is 5.69 Å². The van der Waals surface area contributed by atoms with Gasteiger partial charge in [0.25, 0.3) is 0 Å². The third-order valence-corrected chi connectivity index (χ3v) is 4.01. The van der Waals surface area contributed by atoms with E-state index in [2.05, 4.69) is 35.3 Å². The van der Waals surface area contributed by atoms with Crippen molar-refractivity contribution in [2.75, 3.05) is 13.1 Å². The number of nitrogens with zero attached hydrogens (tertiary/aromatic N) is 3. The van der Waals surface area contributed by atoms with E-state index in [0.717, 1.165) is 12.2 Å². The molecule has 0 saturated heterocycles. The van der Waals surface area contributed by atoms with Gasteiger partial charge in [-0.05, 0) is 31.5 Å². The van der Waals surface area contributed by atoms with Crippen LogP contribution in [0.1, 0.15) is 31.4 Å². The van der Waals surface area contributed by atoms with E-state index in [0.29, 0.717) is 12.6 Å². The van der Waals surface area contributed by atoms with Crippen molar-refractivity contribution in [1.29, 1.82) is 0 Å². The molecule has 0 aliphatic heterocycles. The predicted octanol–water partition coefficient (Wildman–Crippen LogP) is 2.36. The second-order valence-corrected chi connectivity index (χ2v) is 5.37. The molecule has 1 heterocycles. The maximum Gasteiger partial charge on any atom is 0.0645 e. The molecule has 20 heavy (non-hydrogen) atoms. The molecule has 0 bridgehead atoms. The normalized spacial score (nSPS) is 16.6. The van der Waals surface area contributed by atoms with E-state index < -0.39 is 0 Å². The summed E-state index contributed by atoms with van der Waals surface area (Å²) in [5, 5.41) is 4.49. The second-order valence-electron chi connectivity index (χ2n) is 5.37. The van der Waals surface area contributed by atoms with Gasteiger partial charge in [-0.3, -0.25) is 4.90 Å². The second kappa shape index (κ2) is 5.77. The summed E-state index contributed by atoms with van der Waals surface area (Å²) in [6.07, 6.45) is 6.67. The van der Waals surface area contributed by atoms with Crippen LogP contribution in [0.15, 0.2) is 42.7 Å². The lowest BCUT2D eigenvalue weighted by atomic mass is 10.1. The van der Waals surface area contributed by atoms with Crippen molar-refractivity contribution in [3.05, 3.63) is 48.3 Å². The van der Waals surface area contributed by atoms with Crippen LogP contribution in [0.2, 0.25) is 0 Å². The van der Waals surface area contributed by atoms with E-state index in [4.69, 9.17) is 5.73 Å². The van der Waals surface area contributed by atoms with Gasteiger partial charge in [0.1, 0.15) is 0 Å². The number of likely N-dealkylation sites (N-methyl/N-ethyl adjacent to an activating group) is 1. The summed E-state index contributed by atoms with van der Waals surface area (Å²) < 4.78 is 1.93. The van der Waals surface area contributed by atoms with E-state index in [1.165, 1.54) is 18.4 Å². The summed E-state index contributed by atoms with van der Waals surface area (Å²) in [4.78, 5) is 2.51. The summed E-state index contributed by atoms with van der Waals surface area (Å²) in [5.74, 6) is 0. The number of hydrogen-bond acceptors (Lipinski definition) is 3. The molecule has 2 N–H and O–H groups in total. The molecule has 3 rings (SSSR count). The van der Waals surface area contributed by atoms with Crippen LogP contribution in [0.3, 0.4) is 0 Å². The van der Waals surface area contributed by atoms with Gasteiger partial charge >= 0.3 is 0 Å². The molecule has 4 nitrogen and oxygen atoms in total. The van der Waals surface area contributed by atoms with Gasteiger partial charge in [-0.2, -0.15) is 5.10 Å². The van der Waals surface area contributed by atoms with Gasteiger partial charge in [0.05, 0.1) is 17.9 Å². The van der Waals surface area contributed by atoms with Gasteiger partial charge in [-0.1, -0.05) is 25.1 Å². The summed E-state index contributed by atoms with van der Waals surface area (Å²) in [6.45, 7) is 3.90. The zero-order valence-corrected chi connectivity index (χ0v) is 11.9. The lowest BCUT2D eigenvalue weighted by Crippen LogP contribution is -2.35. The smallest absolute Gasteiger partial charge is 0.0645 e. The van der Waals surface area contributed by atoms with E-state index in [-0.39, 0.29) is 6.04 Å². The molecule has 0 spiro atoms. The number of hydrogen-bond donors (Lipinski definition) is 1. The van der Waals surface area contributed by atoms with Gasteiger partial charge in [-0.25, -0.2) is 4.68 Å². The Hall–Kier alpha value is -1.65. The minimum absolute atomic E-state index is 0.282. The molecule has 1 aromatic heterocycles. The fraction of sp³-hybridized carbons (Fsp3) is 0.438. The first-order valence-corrected chi connectivity index (χ1v) is 7.39. The number of nitrogens with two attached hydrogens (primary N) is 1. The van der Waals surface area contributed by atoms with E-state index >= 15 is 0 Å². The van der Waals surface area contributed by atoms with Crippen molar-refractivity contribution in [2.24, 2.45) is 5.73 Å². The average Bonchev–Trinajstić information content (AvgIpc) is 3.22. The molecule has 0 radical (unpaired) electrons. The number of aromatic nitrogens is 2. The Morgan fingerprint density at radius 3 is 2.70 bits per heavy atom. The molecular formula is C16H22N4. The van der Waals surface area contributed by atoms with Crippen LogP contribution < -0.4 is 5.73 Å². The molecule has 1 atom stereocenters. The SMILES string of the molecule is CCN(C1CC1)C(CN)c1cnn(-c2ccccc2)c1. The van der Waals surface area contributed by atoms with Crippen molar-refractivity contribution < 1.29 is 0 Å². The van der Waals surface area contributed by atoms with Gasteiger partial charge in [0, 0.05) is 24.3 Å². The Morgan fingerprint density at radius 1 is 1.35 bits per heavy atom. The van der Waals surface area contributed by atoms with Gasteiger partial charge in [-0.15, -0.1) is 0 Å². The van der Waals surface area contributed by atoms with Crippen LogP contribution in [0.5, 0.6) is 0 Å². The molecular weight excluding hydrogens is 248 g/mol. The summed E-state index contributed by atoms with van der Waals surface area (Å²) in [6, 6.07) is 11.2. The molecule has 2 aromatic rings. The lowest BCUT2D eigenvalue weighted by Gasteiger charge is -2.29. The number of para-hydroxylation sites is 1. The van der Waals surface area contributed by atoms with E-state index in [9.17, 15) is 0 Å². The summed E-state index contributed by atoms with van der Waals surface area (Å²) in [5.41, 5.74) is 8.32. The van der Waals surface area contributed by atoms with E-state index in [1.807, 2.05) is 29.1 Å². The summed E-state index contributed by atoms with van der Waals surface area (Å²) in [7, 11) is 0. The van der Waals surface area contributed by atoms with Crippen molar-refractivity contribution in [1.82, 2.24) is 14.7 Å². The maximum atomic E-state index is 6.02. The molecule has 1 saturated carbocycles. The molecule has 1 aromatic carbocycles. The van der Waals surface area contributed by atoms with Crippen molar-refractivity contribution in [3.63, 3.8) is 0 Å². The Bertz CT molecular complexity index is 545. The highest BCUT2D eigenvalue weighted by Gasteiger charge is 2.33. The van der Waals surface area contributed by atoms with Crippen molar-refractivity contribution >= 4 is 0 Å². The molecule has 1 aliphatic carbocycles. The molecule has 106 valence electrons. The van der Waals surface area contributed by atoms with Crippen LogP contribution >= 0.6 is 0 Å². The molecule has 1 fully saturated rings. The van der Waals surface area contributed by atoms with Crippen LogP contribution in [0.25, 0.3) is 5.69 Å². The monoisotopic (exact) mass is 270 g/mol. The highest BCUT2D eigenvalue weighted by atomic mass is 15.3. The van der Waals surface area contributed by atoms with Gasteiger partial charge < -0.3 is 5.73 Å². The van der Waals surface area contributed by atoms with Crippen LogP contribution in [-0.2, 0) is 0 Å². The average molecular weight is 270 g/mol. The largest absolute Gasteiger partial charge is 0.329 e. The minimum Gasteiger partial charge on any atom is -0.329 e. The Morgan fingerprint density at radius 2 is 2.10 bits per heavy atom. The fourth-order valence-corrected chi connectivity index (χ4v) is 2.83. The number of benzene rings is 1. The summed E-state index contributed by atoms with van der Waals surface area (Å²) >= 11 is 0. The highest BCUT2D eigenvalue weighted by Crippen LogP contribution is 2.33. The van der Waals surface area contributed by atoms with Crippen LogP contribution in [-0.4, -0.2) is 33.8 Å². The quantitative estimate of drug-likeness (QED) is 0.876.